The Labute approximate surface area is 153 Å². The Morgan fingerprint density at radius 1 is 1.00 bits per heavy atom. The van der Waals surface area contributed by atoms with Gasteiger partial charge in [-0.25, -0.2) is 0 Å². The minimum Gasteiger partial charge on any atom is -0.497 e. The maximum atomic E-state index is 12.9. The van der Waals surface area contributed by atoms with Crippen LogP contribution in [0.4, 0.5) is 5.69 Å². The molecule has 1 aromatic heterocycles. The zero-order valence-corrected chi connectivity index (χ0v) is 15.2. The molecule has 0 saturated carbocycles. The van der Waals surface area contributed by atoms with Gasteiger partial charge in [0.25, 0.3) is 5.91 Å². The smallest absolute Gasteiger partial charge is 0.254 e. The van der Waals surface area contributed by atoms with Crippen molar-refractivity contribution in [3.05, 3.63) is 60.3 Å². The van der Waals surface area contributed by atoms with Gasteiger partial charge in [0, 0.05) is 62.3 Å². The van der Waals surface area contributed by atoms with Crippen molar-refractivity contribution in [2.75, 3.05) is 38.2 Å². The van der Waals surface area contributed by atoms with E-state index in [4.69, 9.17) is 4.74 Å². The summed E-state index contributed by atoms with van der Waals surface area (Å²) in [6, 6.07) is 16.1. The summed E-state index contributed by atoms with van der Waals surface area (Å²) in [5.74, 6) is 0.968. The van der Waals surface area contributed by atoms with Gasteiger partial charge in [0.05, 0.1) is 7.11 Å². The highest BCUT2D eigenvalue weighted by Gasteiger charge is 2.22. The van der Waals surface area contributed by atoms with E-state index in [1.165, 1.54) is 0 Å². The Morgan fingerprint density at radius 3 is 2.58 bits per heavy atom. The van der Waals surface area contributed by atoms with Crippen molar-refractivity contribution in [2.24, 2.45) is 7.05 Å². The molecule has 3 aromatic rings. The Balaban J connectivity index is 1.46. The number of anilines is 1. The minimum atomic E-state index is 0.110. The summed E-state index contributed by atoms with van der Waals surface area (Å²) in [5.41, 5.74) is 2.99. The summed E-state index contributed by atoms with van der Waals surface area (Å²) in [4.78, 5) is 17.1. The average molecular weight is 349 g/mol. The van der Waals surface area contributed by atoms with Crippen LogP contribution in [0.1, 0.15) is 10.4 Å². The molecule has 1 aliphatic rings. The third kappa shape index (κ3) is 3.01. The molecule has 0 unspecified atom stereocenters. The highest BCUT2D eigenvalue weighted by molar-refractivity contribution is 5.98. The summed E-state index contributed by atoms with van der Waals surface area (Å²) < 4.78 is 7.36. The Bertz CT molecular complexity index is 939. The molecule has 2 heterocycles. The maximum absolute atomic E-state index is 12.9. The molecule has 0 aliphatic carbocycles. The van der Waals surface area contributed by atoms with E-state index >= 15 is 0 Å². The maximum Gasteiger partial charge on any atom is 0.254 e. The monoisotopic (exact) mass is 349 g/mol. The Morgan fingerprint density at radius 2 is 1.81 bits per heavy atom. The third-order valence-corrected chi connectivity index (χ3v) is 5.12. The predicted octanol–water partition coefficient (Wildman–Crippen LogP) is 3.15. The first-order valence-corrected chi connectivity index (χ1v) is 8.89. The van der Waals surface area contributed by atoms with Crippen LogP contribution in [0, 0.1) is 0 Å². The van der Waals surface area contributed by atoms with Gasteiger partial charge in [-0.2, -0.15) is 0 Å². The molecule has 0 bridgehead atoms. The fraction of sp³-hybridized carbons (Fsp3) is 0.286. The van der Waals surface area contributed by atoms with Gasteiger partial charge in [0.1, 0.15) is 5.75 Å². The molecule has 5 heteroatoms. The van der Waals surface area contributed by atoms with Crippen LogP contribution < -0.4 is 9.64 Å². The number of methoxy groups -OCH3 is 1. The van der Waals surface area contributed by atoms with Gasteiger partial charge in [-0.1, -0.05) is 12.1 Å². The number of amides is 1. The van der Waals surface area contributed by atoms with E-state index in [1.54, 1.807) is 7.11 Å². The second-order valence-electron chi connectivity index (χ2n) is 6.68. The van der Waals surface area contributed by atoms with E-state index < -0.39 is 0 Å². The molecule has 0 atom stereocenters. The van der Waals surface area contributed by atoms with Crippen LogP contribution in [-0.2, 0) is 7.05 Å². The number of nitrogens with zero attached hydrogens (tertiary/aromatic N) is 3. The lowest BCUT2D eigenvalue weighted by Gasteiger charge is -2.36. The molecular formula is C21H23N3O2. The van der Waals surface area contributed by atoms with Gasteiger partial charge in [-0.3, -0.25) is 4.79 Å². The molecule has 0 N–H and O–H groups in total. The summed E-state index contributed by atoms with van der Waals surface area (Å²) in [7, 11) is 3.68. The van der Waals surface area contributed by atoms with E-state index in [-0.39, 0.29) is 5.91 Å². The molecule has 5 nitrogen and oxygen atoms in total. The second-order valence-corrected chi connectivity index (χ2v) is 6.68. The van der Waals surface area contributed by atoms with Crippen LogP contribution in [0.15, 0.2) is 54.7 Å². The van der Waals surface area contributed by atoms with E-state index in [2.05, 4.69) is 17.0 Å². The van der Waals surface area contributed by atoms with Gasteiger partial charge in [0.15, 0.2) is 0 Å². The SMILES string of the molecule is COc1cccc(N2CCN(C(=O)c3ccc4ccn(C)c4c3)CC2)c1. The number of aryl methyl sites for hydroxylation is 1. The molecule has 0 spiro atoms. The van der Waals surface area contributed by atoms with E-state index in [0.29, 0.717) is 0 Å². The number of piperazine rings is 1. The summed E-state index contributed by atoms with van der Waals surface area (Å²) in [6.07, 6.45) is 2.02. The first-order valence-electron chi connectivity index (χ1n) is 8.89. The predicted molar refractivity (Wildman–Crippen MR) is 104 cm³/mol. The third-order valence-electron chi connectivity index (χ3n) is 5.12. The quantitative estimate of drug-likeness (QED) is 0.729. The van der Waals surface area contributed by atoms with Crippen molar-refractivity contribution in [3.8, 4) is 5.75 Å². The van der Waals surface area contributed by atoms with Crippen LogP contribution in [0.25, 0.3) is 10.9 Å². The number of ether oxygens (including phenoxy) is 1. The number of aromatic nitrogens is 1. The highest BCUT2D eigenvalue weighted by Crippen LogP contribution is 2.23. The first-order chi connectivity index (χ1) is 12.7. The standard InChI is InChI=1S/C21H23N3O2/c1-22-9-8-16-6-7-17(14-20(16)22)21(25)24-12-10-23(11-13-24)18-4-3-5-19(15-18)26-2/h3-9,14-15H,10-13H2,1-2H3. The van der Waals surface area contributed by atoms with Crippen molar-refractivity contribution in [1.82, 2.24) is 9.47 Å². The molecule has 1 aliphatic heterocycles. The zero-order valence-electron chi connectivity index (χ0n) is 15.2. The number of carbonyl (C=O) groups excluding carboxylic acids is 1. The molecule has 26 heavy (non-hydrogen) atoms. The number of carbonyl (C=O) groups is 1. The molecule has 2 aromatic carbocycles. The van der Waals surface area contributed by atoms with E-state index in [1.807, 2.05) is 59.1 Å². The van der Waals surface area contributed by atoms with Crippen molar-refractivity contribution < 1.29 is 9.53 Å². The van der Waals surface area contributed by atoms with Crippen LogP contribution in [0.5, 0.6) is 5.75 Å². The number of rotatable bonds is 3. The first kappa shape index (κ1) is 16.5. The van der Waals surface area contributed by atoms with E-state index in [9.17, 15) is 4.79 Å². The molecular weight excluding hydrogens is 326 g/mol. The van der Waals surface area contributed by atoms with Crippen LogP contribution in [0.3, 0.4) is 0 Å². The van der Waals surface area contributed by atoms with Crippen LogP contribution >= 0.6 is 0 Å². The van der Waals surface area contributed by atoms with Crippen molar-refractivity contribution in [2.45, 2.75) is 0 Å². The van der Waals surface area contributed by atoms with Gasteiger partial charge in [-0.05, 0) is 35.7 Å². The second kappa shape index (κ2) is 6.75. The summed E-state index contributed by atoms with van der Waals surface area (Å²) >= 11 is 0. The lowest BCUT2D eigenvalue weighted by atomic mass is 10.1. The van der Waals surface area contributed by atoms with Crippen molar-refractivity contribution in [1.29, 1.82) is 0 Å². The lowest BCUT2D eigenvalue weighted by molar-refractivity contribution is 0.0747. The number of hydrogen-bond donors (Lipinski definition) is 0. The van der Waals surface area contributed by atoms with Crippen molar-refractivity contribution in [3.63, 3.8) is 0 Å². The number of benzene rings is 2. The van der Waals surface area contributed by atoms with Gasteiger partial charge in [0.2, 0.25) is 0 Å². The summed E-state index contributed by atoms with van der Waals surface area (Å²) in [6.45, 7) is 3.10. The van der Waals surface area contributed by atoms with Crippen molar-refractivity contribution >= 4 is 22.5 Å². The number of hydrogen-bond acceptors (Lipinski definition) is 3. The molecule has 134 valence electrons. The topological polar surface area (TPSA) is 37.7 Å². The Kier molecular flexibility index (Phi) is 4.29. The molecule has 1 saturated heterocycles. The fourth-order valence-electron chi connectivity index (χ4n) is 3.55. The Hall–Kier alpha value is -2.95. The number of fused-ring (bicyclic) bond motifs is 1. The van der Waals surface area contributed by atoms with Gasteiger partial charge >= 0.3 is 0 Å². The van der Waals surface area contributed by atoms with Gasteiger partial charge < -0.3 is 19.1 Å². The normalized spacial score (nSPS) is 14.7. The van der Waals surface area contributed by atoms with Crippen LogP contribution in [0.2, 0.25) is 0 Å². The zero-order chi connectivity index (χ0) is 18.1. The largest absolute Gasteiger partial charge is 0.497 e. The van der Waals surface area contributed by atoms with Gasteiger partial charge in [-0.15, -0.1) is 0 Å². The molecule has 1 amide bonds. The minimum absolute atomic E-state index is 0.110. The molecule has 0 radical (unpaired) electrons. The molecule has 1 fully saturated rings. The fourth-order valence-corrected chi connectivity index (χ4v) is 3.55. The summed E-state index contributed by atoms with van der Waals surface area (Å²) in [5, 5.41) is 1.16. The van der Waals surface area contributed by atoms with E-state index in [0.717, 1.165) is 54.1 Å². The molecule has 4 rings (SSSR count). The highest BCUT2D eigenvalue weighted by atomic mass is 16.5. The van der Waals surface area contributed by atoms with Crippen LogP contribution in [-0.4, -0.2) is 48.7 Å². The average Bonchev–Trinajstić information content (AvgIpc) is 3.08. The lowest BCUT2D eigenvalue weighted by Crippen LogP contribution is -2.48.